The SMILES string of the molecule is Cc1cccc(CSc2nnc(-c3ccc(Cl)cc3Cl)n2C)c1. The van der Waals surface area contributed by atoms with Crippen LogP contribution >= 0.6 is 35.0 Å². The number of hydrogen-bond donors (Lipinski definition) is 0. The lowest BCUT2D eigenvalue weighted by molar-refractivity contribution is 0.794. The lowest BCUT2D eigenvalue weighted by Gasteiger charge is -2.06. The predicted molar refractivity (Wildman–Crippen MR) is 97.2 cm³/mol. The van der Waals surface area contributed by atoms with Crippen LogP contribution in [0.1, 0.15) is 11.1 Å². The summed E-state index contributed by atoms with van der Waals surface area (Å²) in [4.78, 5) is 0. The van der Waals surface area contributed by atoms with Crippen molar-refractivity contribution in [3.05, 3.63) is 63.6 Å². The van der Waals surface area contributed by atoms with Gasteiger partial charge in [0.1, 0.15) is 0 Å². The average molecular weight is 364 g/mol. The van der Waals surface area contributed by atoms with Gasteiger partial charge in [0.2, 0.25) is 0 Å². The number of aryl methyl sites for hydroxylation is 1. The lowest BCUT2D eigenvalue weighted by Crippen LogP contribution is -1.95. The molecular formula is C17H15Cl2N3S. The Morgan fingerprint density at radius 1 is 1.09 bits per heavy atom. The minimum Gasteiger partial charge on any atom is -0.305 e. The average Bonchev–Trinajstić information content (AvgIpc) is 2.86. The summed E-state index contributed by atoms with van der Waals surface area (Å²) in [5, 5.41) is 10.6. The number of aromatic nitrogens is 3. The molecular weight excluding hydrogens is 349 g/mol. The predicted octanol–water partition coefficient (Wildman–Crippen LogP) is 5.39. The molecule has 0 aliphatic heterocycles. The summed E-state index contributed by atoms with van der Waals surface area (Å²) in [7, 11) is 1.94. The molecule has 0 fully saturated rings. The number of halogens is 2. The first-order valence-corrected chi connectivity index (χ1v) is 8.82. The van der Waals surface area contributed by atoms with Gasteiger partial charge in [0, 0.05) is 23.4 Å². The smallest absolute Gasteiger partial charge is 0.191 e. The Morgan fingerprint density at radius 3 is 2.65 bits per heavy atom. The van der Waals surface area contributed by atoms with Gasteiger partial charge < -0.3 is 4.57 Å². The molecule has 118 valence electrons. The van der Waals surface area contributed by atoms with Crippen LogP contribution in [0.5, 0.6) is 0 Å². The maximum absolute atomic E-state index is 6.26. The van der Waals surface area contributed by atoms with Crippen molar-refractivity contribution in [3.63, 3.8) is 0 Å². The largest absolute Gasteiger partial charge is 0.305 e. The zero-order valence-electron chi connectivity index (χ0n) is 12.8. The molecule has 3 aromatic rings. The quantitative estimate of drug-likeness (QED) is 0.582. The molecule has 2 aromatic carbocycles. The summed E-state index contributed by atoms with van der Waals surface area (Å²) in [6.45, 7) is 2.09. The highest BCUT2D eigenvalue weighted by Gasteiger charge is 2.14. The first-order chi connectivity index (χ1) is 11.0. The molecule has 0 spiro atoms. The highest BCUT2D eigenvalue weighted by molar-refractivity contribution is 7.98. The van der Waals surface area contributed by atoms with Gasteiger partial charge in [-0.15, -0.1) is 10.2 Å². The van der Waals surface area contributed by atoms with Crippen molar-refractivity contribution in [2.75, 3.05) is 0 Å². The maximum atomic E-state index is 6.26. The van der Waals surface area contributed by atoms with Crippen LogP contribution in [0.3, 0.4) is 0 Å². The van der Waals surface area contributed by atoms with Gasteiger partial charge >= 0.3 is 0 Å². The molecule has 0 atom stereocenters. The van der Waals surface area contributed by atoms with E-state index in [1.165, 1.54) is 11.1 Å². The van der Waals surface area contributed by atoms with Gasteiger partial charge in [-0.05, 0) is 30.7 Å². The Bertz CT molecular complexity index is 846. The number of benzene rings is 2. The fraction of sp³-hybridized carbons (Fsp3) is 0.176. The van der Waals surface area contributed by atoms with E-state index in [0.717, 1.165) is 22.3 Å². The molecule has 23 heavy (non-hydrogen) atoms. The van der Waals surface area contributed by atoms with Crippen molar-refractivity contribution in [3.8, 4) is 11.4 Å². The minimum absolute atomic E-state index is 0.572. The molecule has 6 heteroatoms. The van der Waals surface area contributed by atoms with E-state index in [-0.39, 0.29) is 0 Å². The number of rotatable bonds is 4. The van der Waals surface area contributed by atoms with E-state index >= 15 is 0 Å². The molecule has 0 saturated heterocycles. The fourth-order valence-corrected chi connectivity index (χ4v) is 3.64. The molecule has 0 aliphatic rings. The monoisotopic (exact) mass is 363 g/mol. The van der Waals surface area contributed by atoms with Crippen LogP contribution in [0.2, 0.25) is 10.0 Å². The molecule has 0 bridgehead atoms. The Balaban J connectivity index is 1.82. The van der Waals surface area contributed by atoms with Gasteiger partial charge in [-0.2, -0.15) is 0 Å². The molecule has 1 heterocycles. The molecule has 0 amide bonds. The topological polar surface area (TPSA) is 30.7 Å². The van der Waals surface area contributed by atoms with Gasteiger partial charge in [-0.3, -0.25) is 0 Å². The van der Waals surface area contributed by atoms with Crippen molar-refractivity contribution >= 4 is 35.0 Å². The van der Waals surface area contributed by atoms with Crippen molar-refractivity contribution in [2.45, 2.75) is 17.8 Å². The van der Waals surface area contributed by atoms with Crippen LogP contribution in [0.4, 0.5) is 0 Å². The van der Waals surface area contributed by atoms with Crippen LogP contribution in [-0.4, -0.2) is 14.8 Å². The third kappa shape index (κ3) is 3.71. The highest BCUT2D eigenvalue weighted by atomic mass is 35.5. The van der Waals surface area contributed by atoms with Gasteiger partial charge in [-0.1, -0.05) is 64.8 Å². The van der Waals surface area contributed by atoms with E-state index < -0.39 is 0 Å². The molecule has 0 radical (unpaired) electrons. The summed E-state index contributed by atoms with van der Waals surface area (Å²) in [5.74, 6) is 1.58. The first-order valence-electron chi connectivity index (χ1n) is 7.08. The maximum Gasteiger partial charge on any atom is 0.191 e. The van der Waals surface area contributed by atoms with Gasteiger partial charge in [0.05, 0.1) is 5.02 Å². The summed E-state index contributed by atoms with van der Waals surface area (Å²) in [5.41, 5.74) is 3.35. The van der Waals surface area contributed by atoms with E-state index in [0.29, 0.717) is 10.0 Å². The van der Waals surface area contributed by atoms with Crippen LogP contribution in [-0.2, 0) is 12.8 Å². The summed E-state index contributed by atoms with van der Waals surface area (Å²) in [6.07, 6.45) is 0. The number of nitrogens with zero attached hydrogens (tertiary/aromatic N) is 3. The van der Waals surface area contributed by atoms with Gasteiger partial charge in [-0.25, -0.2) is 0 Å². The van der Waals surface area contributed by atoms with Crippen LogP contribution < -0.4 is 0 Å². The Hall–Kier alpha value is -1.49. The number of hydrogen-bond acceptors (Lipinski definition) is 3. The van der Waals surface area contributed by atoms with Crippen molar-refractivity contribution in [2.24, 2.45) is 7.05 Å². The summed E-state index contributed by atoms with van der Waals surface area (Å²) in [6, 6.07) is 13.8. The fourth-order valence-electron chi connectivity index (χ4n) is 2.30. The van der Waals surface area contributed by atoms with E-state index in [1.807, 2.05) is 17.7 Å². The molecule has 0 N–H and O–H groups in total. The van der Waals surface area contributed by atoms with Crippen molar-refractivity contribution < 1.29 is 0 Å². The van der Waals surface area contributed by atoms with Gasteiger partial charge in [0.15, 0.2) is 11.0 Å². The second kappa shape index (κ2) is 6.95. The first kappa shape index (κ1) is 16.4. The lowest BCUT2D eigenvalue weighted by atomic mass is 10.2. The minimum atomic E-state index is 0.572. The molecule has 3 rings (SSSR count). The Labute approximate surface area is 149 Å². The van der Waals surface area contributed by atoms with E-state index in [4.69, 9.17) is 23.2 Å². The second-order valence-corrected chi connectivity index (χ2v) is 7.05. The summed E-state index contributed by atoms with van der Waals surface area (Å²) >= 11 is 13.9. The third-order valence-corrected chi connectivity index (χ3v) is 5.10. The molecule has 0 aliphatic carbocycles. The van der Waals surface area contributed by atoms with E-state index in [2.05, 4.69) is 41.4 Å². The third-order valence-electron chi connectivity index (χ3n) is 3.46. The van der Waals surface area contributed by atoms with Crippen molar-refractivity contribution in [1.82, 2.24) is 14.8 Å². The molecule has 1 aromatic heterocycles. The summed E-state index contributed by atoms with van der Waals surface area (Å²) < 4.78 is 1.95. The second-order valence-electron chi connectivity index (χ2n) is 5.27. The zero-order valence-corrected chi connectivity index (χ0v) is 15.1. The highest BCUT2D eigenvalue weighted by Crippen LogP contribution is 2.31. The number of thioether (sulfide) groups is 1. The van der Waals surface area contributed by atoms with Gasteiger partial charge in [0.25, 0.3) is 0 Å². The Kier molecular flexibility index (Phi) is 4.95. The van der Waals surface area contributed by atoms with Crippen molar-refractivity contribution in [1.29, 1.82) is 0 Å². The Morgan fingerprint density at radius 2 is 1.91 bits per heavy atom. The van der Waals surface area contributed by atoms with Crippen LogP contribution in [0, 0.1) is 6.92 Å². The van der Waals surface area contributed by atoms with Crippen LogP contribution in [0.15, 0.2) is 47.6 Å². The van der Waals surface area contributed by atoms with E-state index in [1.54, 1.807) is 23.9 Å². The molecule has 3 nitrogen and oxygen atoms in total. The molecule has 0 unspecified atom stereocenters. The van der Waals surface area contributed by atoms with Crippen LogP contribution in [0.25, 0.3) is 11.4 Å². The standard InChI is InChI=1S/C17H15Cl2N3S/c1-11-4-3-5-12(8-11)10-23-17-21-20-16(22(17)2)14-7-6-13(18)9-15(14)19/h3-9H,10H2,1-2H3. The van der Waals surface area contributed by atoms with E-state index in [9.17, 15) is 0 Å². The molecule has 0 saturated carbocycles. The zero-order chi connectivity index (χ0) is 16.4. The normalized spacial score (nSPS) is 11.0.